The average molecular weight is 327 g/mol. The van der Waals surface area contributed by atoms with E-state index in [0.29, 0.717) is 31.1 Å². The van der Waals surface area contributed by atoms with Gasteiger partial charge in [-0.2, -0.15) is 0 Å². The number of para-hydroxylation sites is 1. The molecule has 0 saturated heterocycles. The molecule has 0 bridgehead atoms. The third-order valence-corrected chi connectivity index (χ3v) is 4.02. The van der Waals surface area contributed by atoms with Crippen LogP contribution in [0.25, 0.3) is 0 Å². The standard InChI is InChI=1S/C19H21NO4/c1-3-23-19(21)16-11-15-13(12-20-16)9-10-17(22-2)18(15)24-14-7-5-4-6-8-14/h4-10,16,20H,3,11-12H2,1-2H3/t16-/m0/s1. The summed E-state index contributed by atoms with van der Waals surface area (Å²) in [6.45, 7) is 2.77. The third-order valence-electron chi connectivity index (χ3n) is 4.02. The van der Waals surface area contributed by atoms with Gasteiger partial charge >= 0.3 is 5.97 Å². The largest absolute Gasteiger partial charge is 0.493 e. The Labute approximate surface area is 141 Å². The average Bonchev–Trinajstić information content (AvgIpc) is 2.62. The molecule has 1 aliphatic rings. The Balaban J connectivity index is 1.94. The zero-order chi connectivity index (χ0) is 16.9. The van der Waals surface area contributed by atoms with Gasteiger partial charge in [-0.1, -0.05) is 24.3 Å². The Kier molecular flexibility index (Phi) is 5.01. The molecule has 0 fully saturated rings. The summed E-state index contributed by atoms with van der Waals surface area (Å²) in [6, 6.07) is 13.1. The fraction of sp³-hybridized carbons (Fsp3) is 0.316. The summed E-state index contributed by atoms with van der Waals surface area (Å²) in [5.74, 6) is 1.81. The minimum absolute atomic E-state index is 0.239. The maximum absolute atomic E-state index is 12.1. The van der Waals surface area contributed by atoms with Gasteiger partial charge in [0.15, 0.2) is 11.5 Å². The highest BCUT2D eigenvalue weighted by Crippen LogP contribution is 2.39. The number of nitrogens with one attached hydrogen (secondary N) is 1. The predicted molar refractivity (Wildman–Crippen MR) is 90.5 cm³/mol. The normalized spacial score (nSPS) is 16.2. The lowest BCUT2D eigenvalue weighted by atomic mass is 9.94. The highest BCUT2D eigenvalue weighted by Gasteiger charge is 2.29. The third kappa shape index (κ3) is 3.36. The van der Waals surface area contributed by atoms with Crippen LogP contribution in [-0.2, 0) is 22.5 Å². The number of hydrogen-bond acceptors (Lipinski definition) is 5. The highest BCUT2D eigenvalue weighted by molar-refractivity contribution is 5.77. The first-order chi connectivity index (χ1) is 11.7. The molecular formula is C19H21NO4. The summed E-state index contributed by atoms with van der Waals surface area (Å²) in [6.07, 6.45) is 0.507. The summed E-state index contributed by atoms with van der Waals surface area (Å²) < 4.78 is 16.7. The van der Waals surface area contributed by atoms with Gasteiger partial charge < -0.3 is 19.5 Å². The van der Waals surface area contributed by atoms with Gasteiger partial charge in [0.2, 0.25) is 0 Å². The molecule has 0 amide bonds. The van der Waals surface area contributed by atoms with E-state index < -0.39 is 0 Å². The van der Waals surface area contributed by atoms with Crippen LogP contribution in [-0.4, -0.2) is 25.7 Å². The molecule has 0 aromatic heterocycles. The maximum atomic E-state index is 12.1. The number of esters is 1. The topological polar surface area (TPSA) is 56.8 Å². The molecule has 1 N–H and O–H groups in total. The number of carbonyl (C=O) groups is 1. The van der Waals surface area contributed by atoms with Crippen LogP contribution in [0.2, 0.25) is 0 Å². The number of rotatable bonds is 5. The fourth-order valence-corrected chi connectivity index (χ4v) is 2.83. The number of benzene rings is 2. The van der Waals surface area contributed by atoms with E-state index in [0.717, 1.165) is 16.9 Å². The van der Waals surface area contributed by atoms with Crippen molar-refractivity contribution in [1.82, 2.24) is 5.32 Å². The molecule has 0 unspecified atom stereocenters. The lowest BCUT2D eigenvalue weighted by Crippen LogP contribution is -2.42. The van der Waals surface area contributed by atoms with Crippen molar-refractivity contribution in [3.05, 3.63) is 53.6 Å². The smallest absolute Gasteiger partial charge is 0.323 e. The van der Waals surface area contributed by atoms with E-state index in [4.69, 9.17) is 14.2 Å². The van der Waals surface area contributed by atoms with E-state index in [2.05, 4.69) is 5.32 Å². The summed E-state index contributed by atoms with van der Waals surface area (Å²) in [7, 11) is 1.61. The van der Waals surface area contributed by atoms with Crippen molar-refractivity contribution < 1.29 is 19.0 Å². The van der Waals surface area contributed by atoms with Crippen molar-refractivity contribution in [2.45, 2.75) is 25.9 Å². The van der Waals surface area contributed by atoms with Crippen LogP contribution < -0.4 is 14.8 Å². The van der Waals surface area contributed by atoms with Gasteiger partial charge in [0.05, 0.1) is 13.7 Å². The van der Waals surface area contributed by atoms with Crippen LogP contribution in [0, 0.1) is 0 Å². The van der Waals surface area contributed by atoms with Crippen LogP contribution in [0.15, 0.2) is 42.5 Å². The molecule has 3 rings (SSSR count). The zero-order valence-electron chi connectivity index (χ0n) is 13.9. The minimum Gasteiger partial charge on any atom is -0.493 e. The number of hydrogen-bond donors (Lipinski definition) is 1. The molecule has 1 aliphatic heterocycles. The van der Waals surface area contributed by atoms with Crippen LogP contribution >= 0.6 is 0 Å². The Morgan fingerprint density at radius 1 is 1.21 bits per heavy atom. The van der Waals surface area contributed by atoms with Crippen molar-refractivity contribution in [3.8, 4) is 17.2 Å². The number of ether oxygens (including phenoxy) is 3. The molecule has 1 atom stereocenters. The Morgan fingerprint density at radius 3 is 2.71 bits per heavy atom. The van der Waals surface area contributed by atoms with Crippen LogP contribution in [0.4, 0.5) is 0 Å². The number of carbonyl (C=O) groups excluding carboxylic acids is 1. The Bertz CT molecular complexity index is 715. The Hall–Kier alpha value is -2.53. The summed E-state index contributed by atoms with van der Waals surface area (Å²) in [5.41, 5.74) is 2.08. The van der Waals surface area contributed by atoms with Gasteiger partial charge in [0, 0.05) is 18.5 Å². The second kappa shape index (κ2) is 7.36. The summed E-state index contributed by atoms with van der Waals surface area (Å²) in [5, 5.41) is 3.22. The summed E-state index contributed by atoms with van der Waals surface area (Å²) in [4.78, 5) is 12.1. The first-order valence-corrected chi connectivity index (χ1v) is 8.04. The van der Waals surface area contributed by atoms with E-state index in [1.54, 1.807) is 7.11 Å². The van der Waals surface area contributed by atoms with E-state index in [1.165, 1.54) is 0 Å². The monoisotopic (exact) mass is 327 g/mol. The molecular weight excluding hydrogens is 306 g/mol. The van der Waals surface area contributed by atoms with Gasteiger partial charge in [0.25, 0.3) is 0 Å². The SMILES string of the molecule is CCOC(=O)[C@@H]1Cc2c(ccc(OC)c2Oc2ccccc2)CN1. The van der Waals surface area contributed by atoms with Crippen molar-refractivity contribution in [2.24, 2.45) is 0 Å². The molecule has 5 nitrogen and oxygen atoms in total. The van der Waals surface area contributed by atoms with E-state index >= 15 is 0 Å². The molecule has 0 spiro atoms. The van der Waals surface area contributed by atoms with E-state index in [9.17, 15) is 4.79 Å². The van der Waals surface area contributed by atoms with Crippen LogP contribution in [0.5, 0.6) is 17.2 Å². The maximum Gasteiger partial charge on any atom is 0.323 e. The number of fused-ring (bicyclic) bond motifs is 1. The van der Waals surface area contributed by atoms with Crippen molar-refractivity contribution in [3.63, 3.8) is 0 Å². The molecule has 1 heterocycles. The van der Waals surface area contributed by atoms with Gasteiger partial charge in [-0.25, -0.2) is 0 Å². The molecule has 0 aliphatic carbocycles. The molecule has 0 saturated carbocycles. The zero-order valence-corrected chi connectivity index (χ0v) is 13.9. The lowest BCUT2D eigenvalue weighted by Gasteiger charge is -2.27. The molecule has 5 heteroatoms. The fourth-order valence-electron chi connectivity index (χ4n) is 2.83. The molecule has 24 heavy (non-hydrogen) atoms. The van der Waals surface area contributed by atoms with Crippen molar-refractivity contribution >= 4 is 5.97 Å². The first-order valence-electron chi connectivity index (χ1n) is 8.04. The predicted octanol–water partition coefficient (Wildman–Crippen LogP) is 3.06. The second-order valence-corrected chi connectivity index (χ2v) is 5.54. The van der Waals surface area contributed by atoms with Crippen molar-refractivity contribution in [2.75, 3.05) is 13.7 Å². The lowest BCUT2D eigenvalue weighted by molar-refractivity contribution is -0.145. The molecule has 126 valence electrons. The molecule has 0 radical (unpaired) electrons. The van der Waals surface area contributed by atoms with Crippen LogP contribution in [0.3, 0.4) is 0 Å². The van der Waals surface area contributed by atoms with Gasteiger partial charge in [-0.3, -0.25) is 4.79 Å². The quantitative estimate of drug-likeness (QED) is 0.855. The van der Waals surface area contributed by atoms with E-state index in [-0.39, 0.29) is 12.0 Å². The molecule has 2 aromatic carbocycles. The van der Waals surface area contributed by atoms with Gasteiger partial charge in [0.1, 0.15) is 11.8 Å². The molecule has 2 aromatic rings. The van der Waals surface area contributed by atoms with E-state index in [1.807, 2.05) is 49.4 Å². The minimum atomic E-state index is -0.373. The summed E-state index contributed by atoms with van der Waals surface area (Å²) >= 11 is 0. The second-order valence-electron chi connectivity index (χ2n) is 5.54. The van der Waals surface area contributed by atoms with Crippen LogP contribution in [0.1, 0.15) is 18.1 Å². The first kappa shape index (κ1) is 16.3. The van der Waals surface area contributed by atoms with Crippen molar-refractivity contribution in [1.29, 1.82) is 0 Å². The number of methoxy groups -OCH3 is 1. The highest BCUT2D eigenvalue weighted by atomic mass is 16.5. The van der Waals surface area contributed by atoms with Gasteiger partial charge in [-0.15, -0.1) is 0 Å². The van der Waals surface area contributed by atoms with Gasteiger partial charge in [-0.05, 0) is 30.7 Å². The Morgan fingerprint density at radius 2 is 2.00 bits per heavy atom.